The third kappa shape index (κ3) is 3.95. The van der Waals surface area contributed by atoms with E-state index in [1.165, 1.54) is 0 Å². The van der Waals surface area contributed by atoms with E-state index in [2.05, 4.69) is 0 Å². The lowest BCUT2D eigenvalue weighted by molar-refractivity contribution is -0.627. The monoisotopic (exact) mass is 348 g/mol. The molecule has 1 aliphatic rings. The van der Waals surface area contributed by atoms with Crippen molar-refractivity contribution in [2.24, 2.45) is 11.1 Å². The SMILES string of the molecule is CC1(C)CC(=O)C([I+]CC(F)(F)F)=C(N)C1. The molecule has 1 rings (SSSR count). The number of rotatable bonds is 2. The predicted molar refractivity (Wildman–Crippen MR) is 50.2 cm³/mol. The summed E-state index contributed by atoms with van der Waals surface area (Å²) in [5.74, 6) is -0.189. The van der Waals surface area contributed by atoms with Gasteiger partial charge in [0, 0.05) is 6.42 Å². The second-order valence-corrected chi connectivity index (χ2v) is 7.27. The van der Waals surface area contributed by atoms with Gasteiger partial charge < -0.3 is 5.73 Å². The molecule has 0 aromatic heterocycles. The highest BCUT2D eigenvalue weighted by atomic mass is 127. The number of ketones is 1. The van der Waals surface area contributed by atoms with Crippen molar-refractivity contribution in [3.8, 4) is 0 Å². The molecule has 0 saturated heterocycles. The lowest BCUT2D eigenvalue weighted by Crippen LogP contribution is -3.63. The fraction of sp³-hybridized carbons (Fsp3) is 0.700. The van der Waals surface area contributed by atoms with Crippen molar-refractivity contribution in [2.75, 3.05) is 4.43 Å². The van der Waals surface area contributed by atoms with E-state index in [9.17, 15) is 18.0 Å². The Hall–Kier alpha value is -0.270. The first-order chi connectivity index (χ1) is 7.11. The molecule has 0 unspecified atom stereocenters. The molecule has 0 aliphatic heterocycles. The van der Waals surface area contributed by atoms with Crippen LogP contribution in [0.2, 0.25) is 0 Å². The Balaban J connectivity index is 2.76. The Labute approximate surface area is 103 Å². The molecule has 2 nitrogen and oxygen atoms in total. The normalized spacial score (nSPS) is 21.4. The van der Waals surface area contributed by atoms with E-state index >= 15 is 0 Å². The maximum atomic E-state index is 12.1. The van der Waals surface area contributed by atoms with Gasteiger partial charge in [-0.1, -0.05) is 13.8 Å². The van der Waals surface area contributed by atoms with Crippen LogP contribution >= 0.6 is 0 Å². The van der Waals surface area contributed by atoms with Gasteiger partial charge in [-0.2, -0.15) is 13.2 Å². The van der Waals surface area contributed by atoms with Gasteiger partial charge in [-0.15, -0.1) is 0 Å². The molecule has 2 N–H and O–H groups in total. The Morgan fingerprint density at radius 1 is 1.38 bits per heavy atom. The van der Waals surface area contributed by atoms with E-state index in [4.69, 9.17) is 5.73 Å². The topological polar surface area (TPSA) is 43.1 Å². The van der Waals surface area contributed by atoms with E-state index in [-0.39, 0.29) is 14.8 Å². The second-order valence-electron chi connectivity index (χ2n) is 4.66. The van der Waals surface area contributed by atoms with Crippen molar-refractivity contribution in [3.63, 3.8) is 0 Å². The second kappa shape index (κ2) is 4.54. The number of hydrogen-bond donors (Lipinski definition) is 1. The summed E-state index contributed by atoms with van der Waals surface area (Å²) in [5.41, 5.74) is 5.85. The first-order valence-electron chi connectivity index (χ1n) is 4.78. The van der Waals surface area contributed by atoms with Crippen molar-refractivity contribution in [1.82, 2.24) is 0 Å². The average Bonchev–Trinajstić information content (AvgIpc) is 1.96. The summed E-state index contributed by atoms with van der Waals surface area (Å²) in [6.45, 7) is 3.80. The third-order valence-corrected chi connectivity index (χ3v) is 5.49. The average molecular weight is 348 g/mol. The molecule has 16 heavy (non-hydrogen) atoms. The molecule has 0 aromatic rings. The lowest BCUT2D eigenvalue weighted by atomic mass is 9.79. The number of allylic oxidation sites excluding steroid dienone is 2. The summed E-state index contributed by atoms with van der Waals surface area (Å²) >= 11 is -1.33. The molecular weight excluding hydrogens is 334 g/mol. The van der Waals surface area contributed by atoms with Crippen molar-refractivity contribution in [3.05, 3.63) is 9.28 Å². The zero-order valence-corrected chi connectivity index (χ0v) is 11.3. The number of carbonyl (C=O) groups excluding carboxylic acids is 1. The molecule has 0 aromatic carbocycles. The molecular formula is C10H14F3INO+. The van der Waals surface area contributed by atoms with Crippen molar-refractivity contribution < 1.29 is 39.2 Å². The highest BCUT2D eigenvalue weighted by Crippen LogP contribution is 2.32. The van der Waals surface area contributed by atoms with Gasteiger partial charge >= 0.3 is 27.4 Å². The highest BCUT2D eigenvalue weighted by molar-refractivity contribution is 5.94. The van der Waals surface area contributed by atoms with Gasteiger partial charge in [-0.05, 0) is 11.8 Å². The number of nitrogens with two attached hydrogens (primary N) is 1. The minimum Gasteiger partial charge on any atom is -0.398 e. The lowest BCUT2D eigenvalue weighted by Gasteiger charge is -2.26. The summed E-state index contributed by atoms with van der Waals surface area (Å²) in [6, 6.07) is 0. The molecule has 6 heteroatoms. The number of Topliss-reactive ketones (excluding diaryl/α,β-unsaturated/α-hetero) is 1. The summed E-state index contributed by atoms with van der Waals surface area (Å²) in [5, 5.41) is 0. The van der Waals surface area contributed by atoms with Crippen LogP contribution in [0.5, 0.6) is 0 Å². The quantitative estimate of drug-likeness (QED) is 0.525. The van der Waals surface area contributed by atoms with Gasteiger partial charge in [0.05, 0.1) is 5.70 Å². The highest BCUT2D eigenvalue weighted by Gasteiger charge is 2.44. The number of alkyl halides is 4. The Bertz CT molecular complexity index is 333. The van der Waals surface area contributed by atoms with Gasteiger partial charge in [0.2, 0.25) is 13.8 Å². The molecule has 0 fully saturated rings. The van der Waals surface area contributed by atoms with Crippen LogP contribution in [0, 0.1) is 5.41 Å². The number of halogens is 4. The van der Waals surface area contributed by atoms with E-state index in [0.717, 1.165) is 0 Å². The number of carbonyl (C=O) groups is 1. The molecule has 0 radical (unpaired) electrons. The van der Waals surface area contributed by atoms with E-state index in [1.54, 1.807) is 0 Å². The van der Waals surface area contributed by atoms with Gasteiger partial charge in [0.1, 0.15) is 0 Å². The molecule has 0 heterocycles. The molecule has 0 saturated carbocycles. The fourth-order valence-electron chi connectivity index (χ4n) is 1.65. The van der Waals surface area contributed by atoms with E-state index in [1.807, 2.05) is 13.8 Å². The maximum absolute atomic E-state index is 12.1. The largest absolute Gasteiger partial charge is 0.432 e. The van der Waals surface area contributed by atoms with Crippen LogP contribution in [0.25, 0.3) is 0 Å². The Morgan fingerprint density at radius 3 is 2.38 bits per heavy atom. The van der Waals surface area contributed by atoms with Gasteiger partial charge in [0.15, 0.2) is 0 Å². The Kier molecular flexibility index (Phi) is 3.91. The molecule has 0 atom stereocenters. The minimum absolute atomic E-state index is 0.189. The van der Waals surface area contributed by atoms with Crippen LogP contribution in [0.15, 0.2) is 9.28 Å². The zero-order valence-electron chi connectivity index (χ0n) is 9.12. The van der Waals surface area contributed by atoms with Crippen LogP contribution < -0.4 is 26.9 Å². The van der Waals surface area contributed by atoms with Crippen LogP contribution in [-0.4, -0.2) is 16.4 Å². The van der Waals surface area contributed by atoms with Gasteiger partial charge in [-0.3, -0.25) is 4.79 Å². The fourth-order valence-corrected chi connectivity index (χ4v) is 3.76. The zero-order chi connectivity index (χ0) is 12.6. The maximum Gasteiger partial charge on any atom is 0.432 e. The standard InChI is InChI=1S/C10H13F3INO/c1-9(2)3-6(15)8(7(16)4-9)14-5-10(11,12)13/h3-5H2,1-2H3,(H-,15,16)/p+1. The first-order valence-corrected chi connectivity index (χ1v) is 7.39. The summed E-state index contributed by atoms with van der Waals surface area (Å²) in [6.07, 6.45) is -3.36. The van der Waals surface area contributed by atoms with E-state index in [0.29, 0.717) is 18.5 Å². The van der Waals surface area contributed by atoms with Crippen molar-refractivity contribution in [1.29, 1.82) is 0 Å². The molecule has 1 aliphatic carbocycles. The molecule has 0 spiro atoms. The molecule has 0 amide bonds. The summed E-state index contributed by atoms with van der Waals surface area (Å²) in [7, 11) is 0. The van der Waals surface area contributed by atoms with Crippen molar-refractivity contribution in [2.45, 2.75) is 32.9 Å². The smallest absolute Gasteiger partial charge is 0.398 e. The predicted octanol–water partition coefficient (Wildman–Crippen LogP) is -0.803. The summed E-state index contributed by atoms with van der Waals surface area (Å²) in [4.78, 5) is 11.7. The minimum atomic E-state index is -4.19. The van der Waals surface area contributed by atoms with Crippen LogP contribution in [0.1, 0.15) is 26.7 Å². The third-order valence-electron chi connectivity index (χ3n) is 2.19. The van der Waals surface area contributed by atoms with Gasteiger partial charge in [0.25, 0.3) is 0 Å². The number of hydrogen-bond acceptors (Lipinski definition) is 2. The molecule has 0 bridgehead atoms. The van der Waals surface area contributed by atoms with Crippen molar-refractivity contribution >= 4 is 5.78 Å². The van der Waals surface area contributed by atoms with Crippen LogP contribution in [0.3, 0.4) is 0 Å². The van der Waals surface area contributed by atoms with E-state index < -0.39 is 31.8 Å². The first kappa shape index (κ1) is 13.8. The molecule has 92 valence electrons. The Morgan fingerprint density at radius 2 is 1.94 bits per heavy atom. The van der Waals surface area contributed by atoms with Crippen LogP contribution in [0.4, 0.5) is 13.2 Å². The summed E-state index contributed by atoms with van der Waals surface area (Å²) < 4.78 is 35.6. The van der Waals surface area contributed by atoms with Gasteiger partial charge in [-0.25, -0.2) is 0 Å². The van der Waals surface area contributed by atoms with Crippen LogP contribution in [-0.2, 0) is 4.79 Å².